The highest BCUT2D eigenvalue weighted by atomic mass is 35.7. The fourth-order valence-electron chi connectivity index (χ4n) is 1.54. The van der Waals surface area contributed by atoms with Crippen LogP contribution in [0.5, 0.6) is 0 Å². The predicted molar refractivity (Wildman–Crippen MR) is 74.9 cm³/mol. The molecule has 0 saturated carbocycles. The van der Waals surface area contributed by atoms with Gasteiger partial charge in [0.05, 0.1) is 6.54 Å². The molecule has 2 aromatic rings. The van der Waals surface area contributed by atoms with Gasteiger partial charge in [-0.1, -0.05) is 0 Å². The molecule has 1 amide bonds. The van der Waals surface area contributed by atoms with Crippen LogP contribution < -0.4 is 5.32 Å². The zero-order valence-corrected chi connectivity index (χ0v) is 12.7. The van der Waals surface area contributed by atoms with Gasteiger partial charge in [-0.2, -0.15) is 0 Å². The predicted octanol–water partition coefficient (Wildman–Crippen LogP) is 2.88. The van der Waals surface area contributed by atoms with E-state index < -0.39 is 26.6 Å². The van der Waals surface area contributed by atoms with Crippen LogP contribution in [0.2, 0.25) is 0 Å². The van der Waals surface area contributed by atoms with Crippen LogP contribution >= 0.6 is 22.0 Å². The van der Waals surface area contributed by atoms with Crippen molar-refractivity contribution < 1.29 is 22.0 Å². The van der Waals surface area contributed by atoms with Crippen molar-refractivity contribution in [3.63, 3.8) is 0 Å². The third-order valence-corrected chi connectivity index (χ3v) is 5.60. The maximum absolute atomic E-state index is 13.0. The van der Waals surface area contributed by atoms with E-state index in [4.69, 9.17) is 10.7 Å². The first-order valence-corrected chi connectivity index (χ1v) is 8.66. The summed E-state index contributed by atoms with van der Waals surface area (Å²) in [6.07, 6.45) is 0. The average Bonchev–Trinajstić information content (AvgIpc) is 2.83. The Hall–Kier alpha value is -1.51. The molecule has 1 N–H and O–H groups in total. The van der Waals surface area contributed by atoms with Crippen molar-refractivity contribution in [1.82, 2.24) is 5.32 Å². The van der Waals surface area contributed by atoms with E-state index in [1.807, 2.05) is 0 Å². The molecule has 1 aromatic carbocycles. The number of thiophene rings is 1. The number of carbonyl (C=O) groups excluding carboxylic acids is 1. The van der Waals surface area contributed by atoms with Crippen LogP contribution in [0.4, 0.5) is 8.78 Å². The van der Waals surface area contributed by atoms with Crippen molar-refractivity contribution in [3.05, 3.63) is 52.4 Å². The lowest BCUT2D eigenvalue weighted by atomic mass is 10.2. The van der Waals surface area contributed by atoms with Crippen molar-refractivity contribution >= 4 is 37.0 Å². The molecule has 9 heteroatoms. The Morgan fingerprint density at radius 3 is 2.33 bits per heavy atom. The van der Waals surface area contributed by atoms with Gasteiger partial charge >= 0.3 is 0 Å². The number of carbonyl (C=O) groups is 1. The van der Waals surface area contributed by atoms with E-state index in [2.05, 4.69) is 5.32 Å². The molecule has 0 unspecified atom stereocenters. The van der Waals surface area contributed by atoms with E-state index in [0.29, 0.717) is 10.9 Å². The van der Waals surface area contributed by atoms with Gasteiger partial charge < -0.3 is 5.32 Å². The van der Waals surface area contributed by atoms with Gasteiger partial charge in [-0.3, -0.25) is 4.79 Å². The fraction of sp³-hybridized carbons (Fsp3) is 0.0833. The minimum Gasteiger partial charge on any atom is -0.347 e. The molecule has 0 bridgehead atoms. The molecule has 0 atom stereocenters. The molecule has 0 fully saturated rings. The molecule has 2 rings (SSSR count). The zero-order chi connectivity index (χ0) is 15.6. The number of benzene rings is 1. The summed E-state index contributed by atoms with van der Waals surface area (Å²) in [7, 11) is 1.37. The second-order valence-electron chi connectivity index (χ2n) is 4.00. The molecule has 0 aliphatic carbocycles. The quantitative estimate of drug-likeness (QED) is 0.861. The highest BCUT2D eigenvalue weighted by molar-refractivity contribution is 8.15. The lowest BCUT2D eigenvalue weighted by molar-refractivity contribution is 0.0950. The van der Waals surface area contributed by atoms with Crippen LogP contribution in [0.1, 0.15) is 15.2 Å². The molecule has 4 nitrogen and oxygen atoms in total. The van der Waals surface area contributed by atoms with E-state index in [-0.39, 0.29) is 16.3 Å². The number of rotatable bonds is 4. The number of hydrogen-bond donors (Lipinski definition) is 1. The lowest BCUT2D eigenvalue weighted by Crippen LogP contribution is -2.22. The molecule has 0 saturated heterocycles. The highest BCUT2D eigenvalue weighted by Crippen LogP contribution is 2.24. The van der Waals surface area contributed by atoms with Gasteiger partial charge in [-0.25, -0.2) is 17.2 Å². The van der Waals surface area contributed by atoms with Crippen LogP contribution in [0.25, 0.3) is 0 Å². The van der Waals surface area contributed by atoms with Crippen molar-refractivity contribution in [2.45, 2.75) is 10.8 Å². The van der Waals surface area contributed by atoms with Gasteiger partial charge in [0.1, 0.15) is 15.8 Å². The van der Waals surface area contributed by atoms with Gasteiger partial charge in [-0.15, -0.1) is 11.3 Å². The van der Waals surface area contributed by atoms with E-state index in [1.54, 1.807) is 0 Å². The maximum Gasteiger partial charge on any atom is 0.270 e. The fourth-order valence-corrected chi connectivity index (χ4v) is 3.60. The lowest BCUT2D eigenvalue weighted by Gasteiger charge is -2.04. The average molecular weight is 352 g/mol. The van der Waals surface area contributed by atoms with E-state index in [9.17, 15) is 22.0 Å². The third kappa shape index (κ3) is 4.23. The molecule has 112 valence electrons. The number of hydrogen-bond acceptors (Lipinski definition) is 4. The smallest absolute Gasteiger partial charge is 0.270 e. The zero-order valence-electron chi connectivity index (χ0n) is 10.3. The van der Waals surface area contributed by atoms with Crippen molar-refractivity contribution in [3.8, 4) is 0 Å². The molecule has 0 aliphatic heterocycles. The minimum atomic E-state index is -3.81. The summed E-state index contributed by atoms with van der Waals surface area (Å²) in [5.74, 6) is -2.38. The summed E-state index contributed by atoms with van der Waals surface area (Å²) in [4.78, 5) is 12.3. The van der Waals surface area contributed by atoms with Crippen LogP contribution in [0, 0.1) is 11.6 Å². The van der Waals surface area contributed by atoms with Gasteiger partial charge in [0.15, 0.2) is 0 Å². The standard InChI is InChI=1S/C12H8ClF2NO3S2/c13-21(18,19)11-2-1-10(20-11)6-16-12(17)7-3-8(14)5-9(15)4-7/h1-5H,6H2,(H,16,17). The Labute approximate surface area is 127 Å². The summed E-state index contributed by atoms with van der Waals surface area (Å²) in [5.41, 5.74) is -0.158. The molecule has 0 radical (unpaired) electrons. The van der Waals surface area contributed by atoms with Crippen LogP contribution in [-0.4, -0.2) is 14.3 Å². The first kappa shape index (κ1) is 15.9. The van der Waals surface area contributed by atoms with Gasteiger partial charge in [0, 0.05) is 27.2 Å². The number of halogens is 3. The Bertz CT molecular complexity index is 769. The monoisotopic (exact) mass is 351 g/mol. The summed E-state index contributed by atoms with van der Waals surface area (Å²) < 4.78 is 48.1. The molecule has 0 spiro atoms. The molecular formula is C12H8ClF2NO3S2. The first-order valence-electron chi connectivity index (χ1n) is 5.53. The Morgan fingerprint density at radius 2 is 1.81 bits per heavy atom. The van der Waals surface area contributed by atoms with E-state index in [0.717, 1.165) is 23.5 Å². The summed E-state index contributed by atoms with van der Waals surface area (Å²) in [6.45, 7) is 0.0219. The normalized spacial score (nSPS) is 11.4. The highest BCUT2D eigenvalue weighted by Gasteiger charge is 2.14. The van der Waals surface area contributed by atoms with Gasteiger partial charge in [0.2, 0.25) is 0 Å². The maximum atomic E-state index is 13.0. The SMILES string of the molecule is O=C(NCc1ccc(S(=O)(=O)Cl)s1)c1cc(F)cc(F)c1. The topological polar surface area (TPSA) is 63.2 Å². The molecular weight excluding hydrogens is 344 g/mol. The van der Waals surface area contributed by atoms with Crippen molar-refractivity contribution in [2.24, 2.45) is 0 Å². The Balaban J connectivity index is 2.06. The molecule has 0 aliphatic rings. The summed E-state index contributed by atoms with van der Waals surface area (Å²) in [6, 6.07) is 5.28. The van der Waals surface area contributed by atoms with Crippen molar-refractivity contribution in [1.29, 1.82) is 0 Å². The second kappa shape index (κ2) is 6.08. The van der Waals surface area contributed by atoms with E-state index >= 15 is 0 Å². The Kier molecular flexibility index (Phi) is 4.60. The largest absolute Gasteiger partial charge is 0.347 e. The molecule has 21 heavy (non-hydrogen) atoms. The number of nitrogens with one attached hydrogen (secondary N) is 1. The van der Waals surface area contributed by atoms with Gasteiger partial charge in [-0.05, 0) is 24.3 Å². The summed E-state index contributed by atoms with van der Waals surface area (Å²) in [5, 5.41) is 2.43. The second-order valence-corrected chi connectivity index (χ2v) is 7.96. The van der Waals surface area contributed by atoms with E-state index in [1.165, 1.54) is 12.1 Å². The van der Waals surface area contributed by atoms with Crippen LogP contribution in [-0.2, 0) is 15.6 Å². The summed E-state index contributed by atoms with van der Waals surface area (Å²) >= 11 is 0.901. The Morgan fingerprint density at radius 1 is 1.19 bits per heavy atom. The molecule has 1 aromatic heterocycles. The van der Waals surface area contributed by atoms with Crippen LogP contribution in [0.15, 0.2) is 34.5 Å². The number of amides is 1. The van der Waals surface area contributed by atoms with Crippen molar-refractivity contribution in [2.75, 3.05) is 0 Å². The minimum absolute atomic E-state index is 0.0219. The third-order valence-electron chi connectivity index (χ3n) is 2.43. The van der Waals surface area contributed by atoms with Gasteiger partial charge in [0.25, 0.3) is 15.0 Å². The molecule has 1 heterocycles. The first-order chi connectivity index (χ1) is 9.75. The van der Waals surface area contributed by atoms with Crippen LogP contribution in [0.3, 0.4) is 0 Å².